The summed E-state index contributed by atoms with van der Waals surface area (Å²) in [6, 6.07) is 8.47. The molecule has 1 N–H and O–H groups in total. The fourth-order valence-corrected chi connectivity index (χ4v) is 3.25. The van der Waals surface area contributed by atoms with Crippen LogP contribution in [-0.4, -0.2) is 17.8 Å². The zero-order chi connectivity index (χ0) is 14.4. The Bertz CT molecular complexity index is 375. The predicted octanol–water partition coefficient (Wildman–Crippen LogP) is 4.52. The molecule has 1 aliphatic rings. The van der Waals surface area contributed by atoms with Crippen LogP contribution in [0.2, 0.25) is 0 Å². The fourth-order valence-electron chi connectivity index (χ4n) is 3.25. The predicted molar refractivity (Wildman–Crippen MR) is 83.2 cm³/mol. The first-order chi connectivity index (χ1) is 9.69. The molecule has 1 aliphatic carbocycles. The van der Waals surface area contributed by atoms with Gasteiger partial charge in [0.2, 0.25) is 0 Å². The van der Waals surface area contributed by atoms with Gasteiger partial charge in [-0.1, -0.05) is 31.9 Å². The monoisotopic (exact) mass is 276 g/mol. The molecule has 0 aromatic heterocycles. The average molecular weight is 276 g/mol. The molecule has 1 fully saturated rings. The summed E-state index contributed by atoms with van der Waals surface area (Å²) in [5.74, 6) is 2.55. The van der Waals surface area contributed by atoms with Crippen molar-refractivity contribution in [3.63, 3.8) is 0 Å². The molecule has 20 heavy (non-hydrogen) atoms. The third kappa shape index (κ3) is 4.52. The van der Waals surface area contributed by atoms with Crippen molar-refractivity contribution in [1.82, 2.24) is 0 Å². The van der Waals surface area contributed by atoms with Crippen LogP contribution in [0.3, 0.4) is 0 Å². The van der Waals surface area contributed by atoms with Gasteiger partial charge < -0.3 is 9.84 Å². The smallest absolute Gasteiger partial charge is 0.119 e. The lowest BCUT2D eigenvalue weighted by molar-refractivity contribution is 0.122. The van der Waals surface area contributed by atoms with Crippen LogP contribution >= 0.6 is 0 Å². The number of aliphatic hydroxyl groups excluding tert-OH is 1. The van der Waals surface area contributed by atoms with E-state index in [4.69, 9.17) is 4.74 Å². The van der Waals surface area contributed by atoms with Gasteiger partial charge in [0.1, 0.15) is 12.4 Å². The number of aliphatic hydroxyl groups is 1. The molecule has 1 aromatic carbocycles. The topological polar surface area (TPSA) is 29.5 Å². The van der Waals surface area contributed by atoms with Crippen LogP contribution in [0.15, 0.2) is 24.3 Å². The Kier molecular flexibility index (Phi) is 5.90. The van der Waals surface area contributed by atoms with Crippen molar-refractivity contribution in [3.05, 3.63) is 29.8 Å². The summed E-state index contributed by atoms with van der Waals surface area (Å²) in [6.45, 7) is 4.39. The van der Waals surface area contributed by atoms with Crippen molar-refractivity contribution >= 4 is 0 Å². The fraction of sp³-hybridized carbons (Fsp3) is 0.667. The number of ether oxygens (including phenoxy) is 1. The van der Waals surface area contributed by atoms with E-state index in [9.17, 15) is 5.11 Å². The zero-order valence-electron chi connectivity index (χ0n) is 12.8. The maximum absolute atomic E-state index is 9.22. The maximum Gasteiger partial charge on any atom is 0.119 e. The van der Waals surface area contributed by atoms with E-state index in [1.807, 2.05) is 12.1 Å². The Balaban J connectivity index is 1.84. The highest BCUT2D eigenvalue weighted by Crippen LogP contribution is 2.37. The van der Waals surface area contributed by atoms with Gasteiger partial charge in [-0.3, -0.25) is 0 Å². The lowest BCUT2D eigenvalue weighted by Gasteiger charge is -2.28. The summed E-state index contributed by atoms with van der Waals surface area (Å²) in [7, 11) is 0. The van der Waals surface area contributed by atoms with Gasteiger partial charge >= 0.3 is 0 Å². The molecule has 2 heteroatoms. The van der Waals surface area contributed by atoms with Crippen LogP contribution in [0.5, 0.6) is 5.75 Å². The second-order valence-electron chi connectivity index (χ2n) is 6.24. The summed E-state index contributed by atoms with van der Waals surface area (Å²) in [6.07, 6.45) is 7.75. The van der Waals surface area contributed by atoms with Gasteiger partial charge in [-0.15, -0.1) is 0 Å². The van der Waals surface area contributed by atoms with Crippen molar-refractivity contribution in [2.45, 2.75) is 64.4 Å². The molecule has 1 unspecified atom stereocenters. The van der Waals surface area contributed by atoms with Gasteiger partial charge in [-0.05, 0) is 62.1 Å². The number of hydrogen-bond donors (Lipinski definition) is 1. The quantitative estimate of drug-likeness (QED) is 0.827. The largest absolute Gasteiger partial charge is 0.491 e. The van der Waals surface area contributed by atoms with Crippen molar-refractivity contribution in [1.29, 1.82) is 0 Å². The third-order valence-electron chi connectivity index (χ3n) is 4.39. The van der Waals surface area contributed by atoms with Crippen molar-refractivity contribution < 1.29 is 9.84 Å². The molecule has 2 rings (SSSR count). The first-order valence-corrected chi connectivity index (χ1v) is 8.09. The standard InChI is InChI=1S/C18H28O2/c1-3-4-15-5-7-16(8-6-15)17-9-11-18(12-10-17)20-13-14(2)19/h9-12,14-16,19H,3-8,13H2,1-2H3/t14?,15-,16-. The minimum absolute atomic E-state index is 0.363. The highest BCUT2D eigenvalue weighted by Gasteiger charge is 2.21. The van der Waals surface area contributed by atoms with Crippen LogP contribution in [0.25, 0.3) is 0 Å². The van der Waals surface area contributed by atoms with Gasteiger partial charge in [0, 0.05) is 0 Å². The molecule has 0 aliphatic heterocycles. The minimum Gasteiger partial charge on any atom is -0.491 e. The Hall–Kier alpha value is -1.02. The summed E-state index contributed by atoms with van der Waals surface area (Å²) in [5.41, 5.74) is 1.45. The molecule has 112 valence electrons. The SMILES string of the molecule is CCC[C@H]1CC[C@H](c2ccc(OCC(C)O)cc2)CC1. The first kappa shape index (κ1) is 15.4. The van der Waals surface area contributed by atoms with E-state index >= 15 is 0 Å². The van der Waals surface area contributed by atoms with Crippen LogP contribution in [0.4, 0.5) is 0 Å². The van der Waals surface area contributed by atoms with Crippen LogP contribution in [0, 0.1) is 5.92 Å². The van der Waals surface area contributed by atoms with E-state index in [0.717, 1.165) is 17.6 Å². The normalized spacial score (nSPS) is 24.4. The van der Waals surface area contributed by atoms with E-state index in [-0.39, 0.29) is 0 Å². The Morgan fingerprint density at radius 2 is 1.80 bits per heavy atom. The van der Waals surface area contributed by atoms with Crippen LogP contribution < -0.4 is 4.74 Å². The molecule has 0 bridgehead atoms. The number of rotatable bonds is 6. The molecule has 1 atom stereocenters. The highest BCUT2D eigenvalue weighted by atomic mass is 16.5. The lowest BCUT2D eigenvalue weighted by Crippen LogP contribution is -2.14. The lowest BCUT2D eigenvalue weighted by atomic mass is 9.77. The van der Waals surface area contributed by atoms with Gasteiger partial charge in [0.15, 0.2) is 0 Å². The number of benzene rings is 1. The first-order valence-electron chi connectivity index (χ1n) is 8.09. The van der Waals surface area contributed by atoms with E-state index in [1.165, 1.54) is 44.1 Å². The molecular formula is C18H28O2. The average Bonchev–Trinajstić information content (AvgIpc) is 2.47. The Morgan fingerprint density at radius 1 is 1.15 bits per heavy atom. The molecule has 1 aromatic rings. The van der Waals surface area contributed by atoms with Gasteiger partial charge in [-0.2, -0.15) is 0 Å². The second kappa shape index (κ2) is 7.68. The van der Waals surface area contributed by atoms with E-state index in [0.29, 0.717) is 6.61 Å². The van der Waals surface area contributed by atoms with Crippen molar-refractivity contribution in [2.24, 2.45) is 5.92 Å². The molecule has 2 nitrogen and oxygen atoms in total. The summed E-state index contributed by atoms with van der Waals surface area (Å²) in [5, 5.41) is 9.22. The van der Waals surface area contributed by atoms with Gasteiger partial charge in [0.25, 0.3) is 0 Å². The van der Waals surface area contributed by atoms with E-state index in [2.05, 4.69) is 19.1 Å². The third-order valence-corrected chi connectivity index (χ3v) is 4.39. The molecular weight excluding hydrogens is 248 g/mol. The Morgan fingerprint density at radius 3 is 2.35 bits per heavy atom. The molecule has 1 saturated carbocycles. The van der Waals surface area contributed by atoms with Crippen LogP contribution in [-0.2, 0) is 0 Å². The maximum atomic E-state index is 9.22. The molecule has 0 radical (unpaired) electrons. The number of hydrogen-bond acceptors (Lipinski definition) is 2. The van der Waals surface area contributed by atoms with E-state index in [1.54, 1.807) is 6.92 Å². The second-order valence-corrected chi connectivity index (χ2v) is 6.24. The zero-order valence-corrected chi connectivity index (χ0v) is 12.8. The highest BCUT2D eigenvalue weighted by molar-refractivity contribution is 5.29. The summed E-state index contributed by atoms with van der Waals surface area (Å²) < 4.78 is 5.51. The van der Waals surface area contributed by atoms with Crippen molar-refractivity contribution in [2.75, 3.05) is 6.61 Å². The molecule has 0 saturated heterocycles. The summed E-state index contributed by atoms with van der Waals surface area (Å²) >= 11 is 0. The van der Waals surface area contributed by atoms with E-state index < -0.39 is 6.10 Å². The summed E-state index contributed by atoms with van der Waals surface area (Å²) in [4.78, 5) is 0. The molecule has 0 heterocycles. The molecule has 0 amide bonds. The van der Waals surface area contributed by atoms with Crippen LogP contribution in [0.1, 0.15) is 63.9 Å². The minimum atomic E-state index is -0.413. The molecule has 0 spiro atoms. The van der Waals surface area contributed by atoms with Crippen molar-refractivity contribution in [3.8, 4) is 5.75 Å². The Labute approximate surface area is 123 Å². The van der Waals surface area contributed by atoms with Gasteiger partial charge in [-0.25, -0.2) is 0 Å². The van der Waals surface area contributed by atoms with Gasteiger partial charge in [0.05, 0.1) is 6.10 Å².